The van der Waals surface area contributed by atoms with Crippen LogP contribution < -0.4 is 56.5 Å². The normalized spacial score (nSPS) is 13.8. The summed E-state index contributed by atoms with van der Waals surface area (Å²) < 4.78 is 0. The van der Waals surface area contributed by atoms with Gasteiger partial charge in [0.2, 0.25) is 0 Å². The molecule has 0 aliphatic rings. The first-order valence-electron chi connectivity index (χ1n) is 11.9. The van der Waals surface area contributed by atoms with Gasteiger partial charge in [0.05, 0.1) is 5.97 Å². The fourth-order valence-corrected chi connectivity index (χ4v) is 3.67. The number of hydrogen-bond donors (Lipinski definition) is 2. The Morgan fingerprint density at radius 3 is 1.45 bits per heavy atom. The zero-order valence-corrected chi connectivity index (χ0v) is 23.2. The predicted octanol–water partition coefficient (Wildman–Crippen LogP) is 0.642. The second-order valence-corrected chi connectivity index (χ2v) is 8.60. The summed E-state index contributed by atoms with van der Waals surface area (Å²) in [5.74, 6) is -3.86. The molecule has 0 aliphatic heterocycles. The zero-order valence-electron chi connectivity index (χ0n) is 20.1. The third-order valence-corrected chi connectivity index (χ3v) is 5.64. The van der Waals surface area contributed by atoms with E-state index in [1.54, 1.807) is 0 Å². The number of Topliss-reactive ketones (excluding diaryl/α,β-unsaturated/α-hetero) is 2. The van der Waals surface area contributed by atoms with Crippen LogP contribution in [0.3, 0.4) is 0 Å². The van der Waals surface area contributed by atoms with E-state index in [-0.39, 0.29) is 57.8 Å². The number of rotatable bonds is 21. The van der Waals surface area contributed by atoms with Crippen molar-refractivity contribution in [2.75, 3.05) is 0 Å². The number of aliphatic hydroxyl groups excluding tert-OH is 1. The van der Waals surface area contributed by atoms with Gasteiger partial charge in [-0.1, -0.05) is 96.8 Å². The fraction of sp³-hybridized carbons (Fsp3) is 0.875. The number of carbonyl (C=O) groups is 3. The molecular formula is C24H43KO6. The number of carboxylic acid groups (broad SMARTS) is 1. The second kappa shape index (κ2) is 20.9. The van der Waals surface area contributed by atoms with E-state index in [0.717, 1.165) is 26.2 Å². The minimum Gasteiger partial charge on any atom is -0.546 e. The van der Waals surface area contributed by atoms with Crippen molar-refractivity contribution in [1.29, 1.82) is 0 Å². The molecule has 0 amide bonds. The first-order valence-corrected chi connectivity index (χ1v) is 11.9. The van der Waals surface area contributed by atoms with Crippen LogP contribution >= 0.6 is 0 Å². The average Bonchev–Trinajstić information content (AvgIpc) is 2.69. The van der Waals surface area contributed by atoms with Crippen LogP contribution in [-0.4, -0.2) is 39.5 Å². The van der Waals surface area contributed by atoms with E-state index in [0.29, 0.717) is 6.42 Å². The van der Waals surface area contributed by atoms with Crippen molar-refractivity contribution in [3.05, 3.63) is 0 Å². The van der Waals surface area contributed by atoms with E-state index in [1.165, 1.54) is 70.6 Å². The van der Waals surface area contributed by atoms with Crippen molar-refractivity contribution in [3.8, 4) is 0 Å². The molecular weight excluding hydrogens is 423 g/mol. The Kier molecular flexibility index (Phi) is 22.7. The van der Waals surface area contributed by atoms with Crippen LogP contribution in [0.4, 0.5) is 0 Å². The predicted molar refractivity (Wildman–Crippen MR) is 116 cm³/mol. The summed E-state index contributed by atoms with van der Waals surface area (Å²) in [5.41, 5.74) is -2.94. The summed E-state index contributed by atoms with van der Waals surface area (Å²) in [4.78, 5) is 34.7. The third kappa shape index (κ3) is 16.6. The van der Waals surface area contributed by atoms with Crippen molar-refractivity contribution in [2.24, 2.45) is 0 Å². The van der Waals surface area contributed by atoms with E-state index >= 15 is 0 Å². The Morgan fingerprint density at radius 2 is 1.13 bits per heavy atom. The SMILES string of the molecule is CCCCCCCCCCCCCCCCCC(=O)CC(O)(C(=O)[O-])C(=O)C(C)O.[K+]. The molecule has 0 radical (unpaired) electrons. The maximum Gasteiger partial charge on any atom is 1.00 e. The quantitative estimate of drug-likeness (QED) is 0.146. The van der Waals surface area contributed by atoms with Crippen LogP contribution in [0.25, 0.3) is 0 Å². The number of aliphatic hydroxyl groups is 2. The largest absolute Gasteiger partial charge is 1.00 e. The Bertz CT molecular complexity index is 494. The maximum absolute atomic E-state index is 11.9. The summed E-state index contributed by atoms with van der Waals surface area (Å²) in [5, 5.41) is 30.2. The van der Waals surface area contributed by atoms with Gasteiger partial charge in [0, 0.05) is 12.8 Å². The molecule has 0 heterocycles. The molecule has 2 N–H and O–H groups in total. The van der Waals surface area contributed by atoms with Crippen molar-refractivity contribution < 1.29 is 81.1 Å². The molecule has 2 unspecified atom stereocenters. The molecule has 0 saturated heterocycles. The first kappa shape index (κ1) is 33.5. The molecule has 0 aromatic carbocycles. The molecule has 2 atom stereocenters. The Labute approximate surface area is 231 Å². The molecule has 7 heteroatoms. The molecule has 6 nitrogen and oxygen atoms in total. The number of aliphatic carboxylic acids is 1. The second-order valence-electron chi connectivity index (χ2n) is 8.60. The van der Waals surface area contributed by atoms with Crippen LogP contribution in [0.15, 0.2) is 0 Å². The molecule has 0 aromatic heterocycles. The van der Waals surface area contributed by atoms with Gasteiger partial charge < -0.3 is 20.1 Å². The number of carboxylic acids is 1. The van der Waals surface area contributed by atoms with Gasteiger partial charge in [0.1, 0.15) is 11.9 Å². The molecule has 0 saturated carbocycles. The molecule has 0 aromatic rings. The van der Waals surface area contributed by atoms with Gasteiger partial charge in [-0.3, -0.25) is 9.59 Å². The fourth-order valence-electron chi connectivity index (χ4n) is 3.67. The van der Waals surface area contributed by atoms with Crippen LogP contribution in [0.2, 0.25) is 0 Å². The average molecular weight is 467 g/mol. The van der Waals surface area contributed by atoms with Gasteiger partial charge >= 0.3 is 51.4 Å². The van der Waals surface area contributed by atoms with Gasteiger partial charge in [-0.05, 0) is 13.3 Å². The van der Waals surface area contributed by atoms with E-state index < -0.39 is 35.7 Å². The smallest absolute Gasteiger partial charge is 0.546 e. The number of hydrogen-bond acceptors (Lipinski definition) is 6. The molecule has 31 heavy (non-hydrogen) atoms. The summed E-state index contributed by atoms with van der Waals surface area (Å²) in [7, 11) is 0. The van der Waals surface area contributed by atoms with Gasteiger partial charge in [-0.25, -0.2) is 0 Å². The molecule has 176 valence electrons. The molecule has 0 rings (SSSR count). The summed E-state index contributed by atoms with van der Waals surface area (Å²) >= 11 is 0. The van der Waals surface area contributed by atoms with E-state index in [4.69, 9.17) is 0 Å². The molecule has 0 spiro atoms. The molecule has 0 aliphatic carbocycles. The maximum atomic E-state index is 11.9. The molecule has 0 bridgehead atoms. The number of carbonyl (C=O) groups excluding carboxylic acids is 3. The number of unbranched alkanes of at least 4 members (excludes halogenated alkanes) is 14. The van der Waals surface area contributed by atoms with E-state index in [9.17, 15) is 29.7 Å². The van der Waals surface area contributed by atoms with Crippen molar-refractivity contribution >= 4 is 17.5 Å². The molecule has 0 fully saturated rings. The summed E-state index contributed by atoms with van der Waals surface area (Å²) in [6, 6.07) is 0. The minimum atomic E-state index is -2.94. The monoisotopic (exact) mass is 466 g/mol. The van der Waals surface area contributed by atoms with E-state index in [2.05, 4.69) is 6.92 Å². The van der Waals surface area contributed by atoms with Crippen molar-refractivity contribution in [3.63, 3.8) is 0 Å². The van der Waals surface area contributed by atoms with Crippen molar-refractivity contribution in [1.82, 2.24) is 0 Å². The van der Waals surface area contributed by atoms with Crippen LogP contribution in [-0.2, 0) is 14.4 Å². The summed E-state index contributed by atoms with van der Waals surface area (Å²) in [6.45, 7) is 3.29. The van der Waals surface area contributed by atoms with Gasteiger partial charge in [-0.2, -0.15) is 0 Å². The number of ketones is 2. The zero-order chi connectivity index (χ0) is 22.8. The van der Waals surface area contributed by atoms with E-state index in [1.807, 2.05) is 0 Å². The Morgan fingerprint density at radius 1 is 0.774 bits per heavy atom. The standard InChI is InChI=1S/C24H44O6.K/c1-3-4-5-6-7-8-9-10-11-12-13-14-15-16-17-18-21(26)19-24(30,23(28)29)22(27)20(2)25;/h20,25,30H,3-19H2,1-2H3,(H,28,29);/q;+1/p-1. The van der Waals surface area contributed by atoms with Gasteiger partial charge in [-0.15, -0.1) is 0 Å². The minimum absolute atomic E-state index is 0. The van der Waals surface area contributed by atoms with Crippen LogP contribution in [0.1, 0.15) is 123 Å². The topological polar surface area (TPSA) is 115 Å². The van der Waals surface area contributed by atoms with Gasteiger partial charge in [0.15, 0.2) is 11.4 Å². The Hall–Kier alpha value is 0.366. The first-order chi connectivity index (χ1) is 14.3. The Balaban J connectivity index is 0. The third-order valence-electron chi connectivity index (χ3n) is 5.64. The summed E-state index contributed by atoms with van der Waals surface area (Å²) in [6.07, 6.45) is 15.7. The van der Waals surface area contributed by atoms with Crippen LogP contribution in [0, 0.1) is 0 Å². The van der Waals surface area contributed by atoms with Crippen molar-refractivity contribution in [2.45, 2.75) is 135 Å². The van der Waals surface area contributed by atoms with Crippen LogP contribution in [0.5, 0.6) is 0 Å². The van der Waals surface area contributed by atoms with Gasteiger partial charge in [0.25, 0.3) is 0 Å².